The molecule has 114 valence electrons. The van der Waals surface area contributed by atoms with E-state index in [2.05, 4.69) is 5.32 Å². The first kappa shape index (κ1) is 14.2. The Hall–Kier alpha value is -1.76. The molecule has 1 aromatic rings. The van der Waals surface area contributed by atoms with Gasteiger partial charge in [-0.15, -0.1) is 0 Å². The van der Waals surface area contributed by atoms with Crippen LogP contribution in [0, 0.1) is 0 Å². The molecule has 0 unspecified atom stereocenters. The lowest BCUT2D eigenvalue weighted by atomic mass is 9.75. The molecule has 1 fully saturated rings. The molecule has 21 heavy (non-hydrogen) atoms. The van der Waals surface area contributed by atoms with Crippen molar-refractivity contribution in [1.82, 2.24) is 10.6 Å². The second-order valence-corrected chi connectivity index (χ2v) is 5.56. The molecule has 0 atom stereocenters. The van der Waals surface area contributed by atoms with Crippen LogP contribution in [0.2, 0.25) is 0 Å². The maximum absolute atomic E-state index is 12.4. The van der Waals surface area contributed by atoms with E-state index in [1.54, 1.807) is 12.1 Å². The minimum absolute atomic E-state index is 0.231. The Bertz CT molecular complexity index is 553. The summed E-state index contributed by atoms with van der Waals surface area (Å²) >= 11 is 0. The Morgan fingerprint density at radius 3 is 2.57 bits per heavy atom. The number of hydrogen-bond donors (Lipinski definition) is 2. The number of fused-ring (bicyclic) bond motifs is 2. The Morgan fingerprint density at radius 1 is 1.24 bits per heavy atom. The highest BCUT2D eigenvalue weighted by Crippen LogP contribution is 2.45. The molecule has 2 aliphatic rings. The molecule has 2 N–H and O–H groups in total. The van der Waals surface area contributed by atoms with Crippen LogP contribution in [0.15, 0.2) is 24.3 Å². The maximum atomic E-state index is 12.4. The van der Waals surface area contributed by atoms with E-state index in [0.29, 0.717) is 12.2 Å². The van der Waals surface area contributed by atoms with Crippen LogP contribution >= 0.6 is 0 Å². The standard InChI is InChI=1S/C14H16F3N3O/c15-14(16,17)19-12(21)20-9-13(5-7-18-8-6-13)10-3-1-2-4-11(10)20/h1-4,18H,5-9H2,(H,19,21). The number of rotatable bonds is 0. The molecule has 2 heterocycles. The summed E-state index contributed by atoms with van der Waals surface area (Å²) in [6.07, 6.45) is -3.07. The molecule has 1 spiro atoms. The van der Waals surface area contributed by atoms with Crippen molar-refractivity contribution in [1.29, 1.82) is 0 Å². The summed E-state index contributed by atoms with van der Waals surface area (Å²) in [4.78, 5) is 13.1. The summed E-state index contributed by atoms with van der Waals surface area (Å²) in [5, 5.41) is 4.35. The summed E-state index contributed by atoms with van der Waals surface area (Å²) in [6.45, 7) is 1.92. The van der Waals surface area contributed by atoms with Crippen LogP contribution < -0.4 is 15.5 Å². The van der Waals surface area contributed by atoms with Gasteiger partial charge in [-0.25, -0.2) is 10.1 Å². The van der Waals surface area contributed by atoms with Gasteiger partial charge in [0.2, 0.25) is 0 Å². The SMILES string of the molecule is O=C(NC(F)(F)F)N1CC2(CCNCC2)c2ccccc21. The number of para-hydroxylation sites is 1. The molecule has 2 amide bonds. The summed E-state index contributed by atoms with van der Waals surface area (Å²) in [7, 11) is 0. The zero-order valence-electron chi connectivity index (χ0n) is 11.3. The van der Waals surface area contributed by atoms with Crippen LogP contribution in [-0.4, -0.2) is 32.0 Å². The first-order valence-corrected chi connectivity index (χ1v) is 6.88. The van der Waals surface area contributed by atoms with Crippen LogP contribution in [0.1, 0.15) is 18.4 Å². The van der Waals surface area contributed by atoms with Gasteiger partial charge in [-0.2, -0.15) is 13.2 Å². The number of carbonyl (C=O) groups is 1. The molecule has 0 saturated carbocycles. The van der Waals surface area contributed by atoms with Gasteiger partial charge in [0.25, 0.3) is 0 Å². The van der Waals surface area contributed by atoms with Crippen molar-refractivity contribution in [3.05, 3.63) is 29.8 Å². The van der Waals surface area contributed by atoms with Gasteiger partial charge in [-0.1, -0.05) is 18.2 Å². The zero-order valence-corrected chi connectivity index (χ0v) is 11.3. The largest absolute Gasteiger partial charge is 0.485 e. The second-order valence-electron chi connectivity index (χ2n) is 5.56. The van der Waals surface area contributed by atoms with Crippen LogP contribution in [0.5, 0.6) is 0 Å². The van der Waals surface area contributed by atoms with E-state index >= 15 is 0 Å². The van der Waals surface area contributed by atoms with Gasteiger partial charge in [0, 0.05) is 17.6 Å². The lowest BCUT2D eigenvalue weighted by Gasteiger charge is -2.34. The third-order valence-corrected chi connectivity index (χ3v) is 4.28. The summed E-state index contributed by atoms with van der Waals surface area (Å²) < 4.78 is 37.2. The fourth-order valence-electron chi connectivity index (χ4n) is 3.33. The number of nitrogens with one attached hydrogen (secondary N) is 2. The highest BCUT2D eigenvalue weighted by molar-refractivity contribution is 5.95. The van der Waals surface area contributed by atoms with Crippen molar-refractivity contribution in [2.75, 3.05) is 24.5 Å². The smallest absolute Gasteiger partial charge is 0.317 e. The molecule has 0 bridgehead atoms. The van der Waals surface area contributed by atoms with Crippen molar-refractivity contribution in [3.8, 4) is 0 Å². The normalized spacial score (nSPS) is 20.4. The highest BCUT2D eigenvalue weighted by Gasteiger charge is 2.46. The van der Waals surface area contributed by atoms with Crippen LogP contribution in [-0.2, 0) is 5.41 Å². The third kappa shape index (κ3) is 2.57. The lowest BCUT2D eigenvalue weighted by molar-refractivity contribution is -0.145. The van der Waals surface area contributed by atoms with Gasteiger partial charge < -0.3 is 5.32 Å². The van der Waals surface area contributed by atoms with Crippen molar-refractivity contribution >= 4 is 11.7 Å². The number of piperidine rings is 1. The fourth-order valence-corrected chi connectivity index (χ4v) is 3.33. The van der Waals surface area contributed by atoms with Gasteiger partial charge in [-0.3, -0.25) is 4.90 Å². The maximum Gasteiger partial charge on any atom is 0.485 e. The Labute approximate surface area is 120 Å². The van der Waals surface area contributed by atoms with Gasteiger partial charge in [-0.05, 0) is 37.6 Å². The van der Waals surface area contributed by atoms with Crippen LogP contribution in [0.25, 0.3) is 0 Å². The zero-order chi connectivity index (χ0) is 15.1. The second kappa shape index (κ2) is 4.91. The number of carbonyl (C=O) groups excluding carboxylic acids is 1. The van der Waals surface area contributed by atoms with Crippen LogP contribution in [0.4, 0.5) is 23.7 Å². The molecular formula is C14H16F3N3O. The molecule has 2 aliphatic heterocycles. The molecular weight excluding hydrogens is 283 g/mol. The molecule has 4 nitrogen and oxygen atoms in total. The monoisotopic (exact) mass is 299 g/mol. The number of nitrogens with zero attached hydrogens (tertiary/aromatic N) is 1. The number of halogens is 3. The number of amides is 2. The Kier molecular flexibility index (Phi) is 3.32. The molecule has 1 aromatic carbocycles. The first-order valence-electron chi connectivity index (χ1n) is 6.88. The van der Waals surface area contributed by atoms with E-state index in [9.17, 15) is 18.0 Å². The molecule has 0 aromatic heterocycles. The minimum atomic E-state index is -4.71. The van der Waals surface area contributed by atoms with E-state index in [1.807, 2.05) is 12.1 Å². The lowest BCUT2D eigenvalue weighted by Crippen LogP contribution is -2.49. The Morgan fingerprint density at radius 2 is 1.90 bits per heavy atom. The van der Waals surface area contributed by atoms with Crippen molar-refractivity contribution in [2.45, 2.75) is 24.6 Å². The van der Waals surface area contributed by atoms with E-state index < -0.39 is 12.3 Å². The summed E-state index contributed by atoms with van der Waals surface area (Å²) in [5.41, 5.74) is 1.33. The highest BCUT2D eigenvalue weighted by atomic mass is 19.4. The predicted octanol–water partition coefficient (Wildman–Crippen LogP) is 2.36. The van der Waals surface area contributed by atoms with Crippen molar-refractivity contribution in [2.24, 2.45) is 0 Å². The van der Waals surface area contributed by atoms with Crippen molar-refractivity contribution in [3.63, 3.8) is 0 Å². The van der Waals surface area contributed by atoms with Gasteiger partial charge >= 0.3 is 12.3 Å². The molecule has 0 radical (unpaired) electrons. The van der Waals surface area contributed by atoms with E-state index in [1.165, 1.54) is 4.90 Å². The number of alkyl halides is 3. The summed E-state index contributed by atoms with van der Waals surface area (Å²) in [5.74, 6) is 0. The van der Waals surface area contributed by atoms with E-state index in [4.69, 9.17) is 0 Å². The third-order valence-electron chi connectivity index (χ3n) is 4.28. The summed E-state index contributed by atoms with van der Waals surface area (Å²) in [6, 6.07) is 6.13. The Balaban J connectivity index is 1.93. The number of urea groups is 1. The average molecular weight is 299 g/mol. The van der Waals surface area contributed by atoms with Gasteiger partial charge in [0.1, 0.15) is 0 Å². The van der Waals surface area contributed by atoms with E-state index in [-0.39, 0.29) is 5.41 Å². The predicted molar refractivity (Wildman–Crippen MR) is 72.2 cm³/mol. The first-order chi connectivity index (χ1) is 9.91. The molecule has 0 aliphatic carbocycles. The fraction of sp³-hybridized carbons (Fsp3) is 0.500. The average Bonchev–Trinajstić information content (AvgIpc) is 2.74. The van der Waals surface area contributed by atoms with E-state index in [0.717, 1.165) is 36.8 Å². The molecule has 3 rings (SSSR count). The molecule has 7 heteroatoms. The van der Waals surface area contributed by atoms with Crippen molar-refractivity contribution < 1.29 is 18.0 Å². The van der Waals surface area contributed by atoms with Gasteiger partial charge in [0.15, 0.2) is 0 Å². The topological polar surface area (TPSA) is 44.4 Å². The quantitative estimate of drug-likeness (QED) is 0.722. The van der Waals surface area contributed by atoms with Crippen LogP contribution in [0.3, 0.4) is 0 Å². The number of anilines is 1. The number of benzene rings is 1. The van der Waals surface area contributed by atoms with Gasteiger partial charge in [0.05, 0.1) is 0 Å². The minimum Gasteiger partial charge on any atom is -0.317 e. The number of hydrogen-bond acceptors (Lipinski definition) is 2. The molecule has 1 saturated heterocycles.